The minimum Gasteiger partial charge on any atom is -0.473 e. The van der Waals surface area contributed by atoms with Crippen LogP contribution in [0.15, 0.2) is 30.7 Å². The van der Waals surface area contributed by atoms with Crippen molar-refractivity contribution in [1.29, 1.82) is 0 Å². The molecule has 14 heteroatoms. The maximum Gasteiger partial charge on any atom is 0.404 e. The average molecular weight is 463 g/mol. The Bertz CT molecular complexity index is 1210. The maximum absolute atomic E-state index is 14.5. The van der Waals surface area contributed by atoms with E-state index in [4.69, 9.17) is 15.2 Å². The molecule has 1 aliphatic heterocycles. The molecule has 3 atom stereocenters. The zero-order valence-electron chi connectivity index (χ0n) is 17.3. The van der Waals surface area contributed by atoms with Crippen LogP contribution in [0.3, 0.4) is 0 Å². The minimum absolute atomic E-state index is 0.00942. The zero-order chi connectivity index (χ0) is 23.7. The van der Waals surface area contributed by atoms with Gasteiger partial charge in [-0.3, -0.25) is 10.1 Å². The lowest BCUT2D eigenvalue weighted by atomic mass is 10.1. The van der Waals surface area contributed by atoms with Crippen molar-refractivity contribution in [2.24, 2.45) is 5.73 Å². The van der Waals surface area contributed by atoms with E-state index in [2.05, 4.69) is 15.1 Å². The van der Waals surface area contributed by atoms with Crippen LogP contribution in [0.2, 0.25) is 0 Å². The van der Waals surface area contributed by atoms with E-state index in [1.165, 1.54) is 22.8 Å². The Kier molecular flexibility index (Phi) is 5.89. The summed E-state index contributed by atoms with van der Waals surface area (Å²) in [6.45, 7) is 1.35. The second-order valence-corrected chi connectivity index (χ2v) is 7.45. The van der Waals surface area contributed by atoms with Crippen molar-refractivity contribution in [3.63, 3.8) is 0 Å². The van der Waals surface area contributed by atoms with Crippen LogP contribution in [0, 0.1) is 15.9 Å². The summed E-state index contributed by atoms with van der Waals surface area (Å²) in [6, 6.07) is 1.99. The van der Waals surface area contributed by atoms with Gasteiger partial charge >= 0.3 is 11.8 Å². The third-order valence-electron chi connectivity index (χ3n) is 5.05. The summed E-state index contributed by atoms with van der Waals surface area (Å²) in [6.07, 6.45) is 0.522. The Labute approximate surface area is 185 Å². The Morgan fingerprint density at radius 2 is 2.24 bits per heavy atom. The first kappa shape index (κ1) is 22.1. The van der Waals surface area contributed by atoms with Gasteiger partial charge in [0.1, 0.15) is 36.7 Å². The van der Waals surface area contributed by atoms with E-state index in [1.54, 1.807) is 11.8 Å². The normalized spacial score (nSPS) is 18.9. The number of nitro groups is 1. The highest BCUT2D eigenvalue weighted by Crippen LogP contribution is 2.40. The molecule has 0 spiro atoms. The fourth-order valence-electron chi connectivity index (χ4n) is 3.70. The average Bonchev–Trinajstić information content (AvgIpc) is 3.35. The van der Waals surface area contributed by atoms with Crippen molar-refractivity contribution in [1.82, 2.24) is 19.6 Å². The van der Waals surface area contributed by atoms with Crippen molar-refractivity contribution in [2.75, 3.05) is 18.1 Å². The number of ether oxygens (including phenoxy) is 2. The van der Waals surface area contributed by atoms with Crippen molar-refractivity contribution in [2.45, 2.75) is 31.7 Å². The highest BCUT2D eigenvalue weighted by atomic mass is 19.1. The molecule has 0 aromatic carbocycles. The Morgan fingerprint density at radius 3 is 2.97 bits per heavy atom. The van der Waals surface area contributed by atoms with Crippen LogP contribution < -0.4 is 15.4 Å². The number of fused-ring (bicyclic) bond motifs is 1. The van der Waals surface area contributed by atoms with Crippen LogP contribution in [0.4, 0.5) is 25.1 Å². The monoisotopic (exact) mass is 463 g/mol. The van der Waals surface area contributed by atoms with Gasteiger partial charge in [0.05, 0.1) is 23.7 Å². The van der Waals surface area contributed by atoms with Gasteiger partial charge in [-0.05, 0) is 19.1 Å². The Balaban J connectivity index is 1.67. The molecule has 0 radical (unpaired) electrons. The lowest BCUT2D eigenvalue weighted by Gasteiger charge is -2.27. The number of amides is 1. The highest BCUT2D eigenvalue weighted by molar-refractivity contribution is 5.64. The van der Waals surface area contributed by atoms with Gasteiger partial charge in [-0.15, -0.1) is 0 Å². The summed E-state index contributed by atoms with van der Waals surface area (Å²) in [7, 11) is 0. The molecule has 3 aromatic heterocycles. The van der Waals surface area contributed by atoms with Crippen LogP contribution in [0.1, 0.15) is 24.9 Å². The number of halogens is 2. The molecule has 1 fully saturated rings. The number of carbonyl (C=O) groups excluding carboxylic acids is 1. The van der Waals surface area contributed by atoms with Gasteiger partial charge in [-0.1, -0.05) is 0 Å². The molecule has 0 saturated carbocycles. The summed E-state index contributed by atoms with van der Waals surface area (Å²) in [4.78, 5) is 31.4. The molecule has 2 N–H and O–H groups in total. The minimum atomic E-state index is -1.28. The number of alkyl halides is 1. The van der Waals surface area contributed by atoms with Crippen molar-refractivity contribution >= 4 is 23.2 Å². The molecular weight excluding hydrogens is 444 g/mol. The predicted octanol–water partition coefficient (Wildman–Crippen LogP) is 2.32. The predicted molar refractivity (Wildman–Crippen MR) is 109 cm³/mol. The van der Waals surface area contributed by atoms with E-state index in [0.29, 0.717) is 0 Å². The number of hydrogen-bond donors (Lipinski definition) is 1. The summed E-state index contributed by atoms with van der Waals surface area (Å²) >= 11 is 0. The number of carbonyl (C=O) groups is 1. The molecule has 1 aliphatic rings. The van der Waals surface area contributed by atoms with Gasteiger partial charge in [0.2, 0.25) is 11.5 Å². The molecule has 12 nitrogen and oxygen atoms in total. The standard InChI is InChI=1S/C19H19F2N7O5/c1-10(33-19(22)29)9-32-18-13(4-11(20)6-23-18)14-5-12(21)8-26(14)16-2-3-27-17(25-16)15(7-24-27)28(30)31/h2-4,6-7,10,12,14H,5,8-9H2,1H3,(H2,22,29)/t10-,12-,14+/m0/s1. The molecule has 33 heavy (non-hydrogen) atoms. The summed E-state index contributed by atoms with van der Waals surface area (Å²) in [5, 5.41) is 15.1. The van der Waals surface area contributed by atoms with Crippen LogP contribution in [0.5, 0.6) is 5.88 Å². The van der Waals surface area contributed by atoms with E-state index in [9.17, 15) is 23.7 Å². The largest absolute Gasteiger partial charge is 0.473 e. The van der Waals surface area contributed by atoms with Gasteiger partial charge < -0.3 is 20.1 Å². The molecule has 0 unspecified atom stereocenters. The number of nitrogens with zero attached hydrogens (tertiary/aromatic N) is 6. The van der Waals surface area contributed by atoms with Gasteiger partial charge in [-0.2, -0.15) is 5.10 Å². The molecule has 4 heterocycles. The highest BCUT2D eigenvalue weighted by Gasteiger charge is 2.37. The first-order chi connectivity index (χ1) is 15.7. The number of aromatic nitrogens is 4. The van der Waals surface area contributed by atoms with E-state index in [-0.39, 0.29) is 48.2 Å². The Hall–Kier alpha value is -4.10. The maximum atomic E-state index is 14.5. The van der Waals surface area contributed by atoms with Gasteiger partial charge in [-0.25, -0.2) is 28.1 Å². The van der Waals surface area contributed by atoms with Crippen LogP contribution in [0.25, 0.3) is 5.65 Å². The molecule has 4 rings (SSSR count). The molecular formula is C19H19F2N7O5. The molecule has 0 aliphatic carbocycles. The van der Waals surface area contributed by atoms with Gasteiger partial charge in [0.25, 0.3) is 0 Å². The topological polar surface area (TPSA) is 151 Å². The number of anilines is 1. The first-order valence-corrected chi connectivity index (χ1v) is 9.86. The van der Waals surface area contributed by atoms with E-state index >= 15 is 0 Å². The third-order valence-corrected chi connectivity index (χ3v) is 5.05. The van der Waals surface area contributed by atoms with Crippen LogP contribution in [-0.2, 0) is 4.74 Å². The summed E-state index contributed by atoms with van der Waals surface area (Å²) in [5.41, 5.74) is 4.93. The van der Waals surface area contributed by atoms with E-state index in [1.807, 2.05) is 0 Å². The molecule has 1 amide bonds. The zero-order valence-corrected chi connectivity index (χ0v) is 17.3. The van der Waals surface area contributed by atoms with E-state index in [0.717, 1.165) is 12.4 Å². The molecule has 0 bridgehead atoms. The van der Waals surface area contributed by atoms with E-state index < -0.39 is 35.2 Å². The van der Waals surface area contributed by atoms with Crippen LogP contribution in [-0.4, -0.2) is 56.0 Å². The van der Waals surface area contributed by atoms with Gasteiger partial charge in [0.15, 0.2) is 0 Å². The van der Waals surface area contributed by atoms with Crippen molar-refractivity contribution in [3.8, 4) is 5.88 Å². The molecule has 174 valence electrons. The van der Waals surface area contributed by atoms with Crippen molar-refractivity contribution < 1.29 is 28.0 Å². The lowest BCUT2D eigenvalue weighted by molar-refractivity contribution is -0.383. The summed E-state index contributed by atoms with van der Waals surface area (Å²) < 4.78 is 40.3. The fraction of sp³-hybridized carbons (Fsp3) is 0.368. The number of pyridine rings is 1. The van der Waals surface area contributed by atoms with Gasteiger partial charge in [0, 0.05) is 18.2 Å². The van der Waals surface area contributed by atoms with Crippen LogP contribution >= 0.6 is 0 Å². The number of rotatable bonds is 7. The quantitative estimate of drug-likeness (QED) is 0.411. The second-order valence-electron chi connectivity index (χ2n) is 7.45. The van der Waals surface area contributed by atoms with Crippen molar-refractivity contribution in [3.05, 3.63) is 52.2 Å². The fourth-order valence-corrected chi connectivity index (χ4v) is 3.70. The molecule has 3 aromatic rings. The number of nitrogens with two attached hydrogens (primary N) is 1. The lowest BCUT2D eigenvalue weighted by Crippen LogP contribution is -2.27. The molecule has 1 saturated heterocycles. The number of primary amides is 1. The summed E-state index contributed by atoms with van der Waals surface area (Å²) in [5.74, 6) is -0.385. The third kappa shape index (κ3) is 4.58. The Morgan fingerprint density at radius 1 is 1.45 bits per heavy atom. The number of hydrogen-bond acceptors (Lipinski definition) is 9. The smallest absolute Gasteiger partial charge is 0.404 e. The second kappa shape index (κ2) is 8.80. The SMILES string of the molecule is C[C@@H](COc1ncc(F)cc1[C@H]1C[C@H](F)CN1c1ccn2ncc([N+](=O)[O-])c2n1)OC(N)=O. The first-order valence-electron chi connectivity index (χ1n) is 9.86.